The number of allylic oxidation sites excluding steroid dienone is 1. The molecule has 2 heteroatoms. The van der Waals surface area contributed by atoms with Crippen molar-refractivity contribution in [3.8, 4) is 0 Å². The van der Waals surface area contributed by atoms with E-state index in [0.717, 1.165) is 42.4 Å². The third-order valence-electron chi connectivity index (χ3n) is 10.0. The molecule has 4 aliphatic rings. The highest BCUT2D eigenvalue weighted by Crippen LogP contribution is 2.67. The van der Waals surface area contributed by atoms with Crippen molar-refractivity contribution >= 4 is 0 Å². The van der Waals surface area contributed by atoms with Gasteiger partial charge < -0.3 is 10.4 Å². The molecule has 0 radical (unpaired) electrons. The molecule has 0 heterocycles. The highest BCUT2D eigenvalue weighted by atomic mass is 16.3. The Balaban J connectivity index is 1.47. The molecule has 4 rings (SSSR count). The van der Waals surface area contributed by atoms with E-state index in [2.05, 4.69) is 39.1 Å². The second-order valence-electron chi connectivity index (χ2n) is 11.4. The molecule has 2 nitrogen and oxygen atoms in total. The van der Waals surface area contributed by atoms with Gasteiger partial charge in [0.2, 0.25) is 0 Å². The van der Waals surface area contributed by atoms with Crippen LogP contribution in [-0.4, -0.2) is 24.3 Å². The molecule has 0 aromatic carbocycles. The summed E-state index contributed by atoms with van der Waals surface area (Å²) in [5.74, 6) is 4.40. The second-order valence-corrected chi connectivity index (χ2v) is 11.4. The van der Waals surface area contributed by atoms with Gasteiger partial charge in [-0.05, 0) is 111 Å². The fourth-order valence-electron chi connectivity index (χ4n) is 8.39. The third kappa shape index (κ3) is 3.41. The first-order chi connectivity index (χ1) is 13.4. The summed E-state index contributed by atoms with van der Waals surface area (Å²) in [6.07, 6.45) is 15.3. The fourth-order valence-corrected chi connectivity index (χ4v) is 8.39. The molecular weight excluding hydrogens is 342 g/mol. The van der Waals surface area contributed by atoms with E-state index < -0.39 is 0 Å². The Hall–Kier alpha value is -0.340. The second kappa shape index (κ2) is 8.06. The zero-order chi connectivity index (χ0) is 19.9. The Morgan fingerprint density at radius 2 is 1.96 bits per heavy atom. The molecule has 4 aliphatic carbocycles. The van der Waals surface area contributed by atoms with Crippen molar-refractivity contribution in [3.05, 3.63) is 11.6 Å². The summed E-state index contributed by atoms with van der Waals surface area (Å²) in [6, 6.07) is 0. The van der Waals surface area contributed by atoms with Crippen LogP contribution in [0.3, 0.4) is 0 Å². The molecule has 0 amide bonds. The van der Waals surface area contributed by atoms with Crippen LogP contribution in [0.25, 0.3) is 0 Å². The van der Waals surface area contributed by atoms with Crippen molar-refractivity contribution in [2.45, 2.75) is 98.0 Å². The maximum Gasteiger partial charge on any atom is 0.0577 e. The van der Waals surface area contributed by atoms with Crippen LogP contribution in [0.5, 0.6) is 0 Å². The average Bonchev–Trinajstić information content (AvgIpc) is 3.03. The van der Waals surface area contributed by atoms with E-state index in [0.29, 0.717) is 10.8 Å². The van der Waals surface area contributed by atoms with E-state index >= 15 is 0 Å². The third-order valence-corrected chi connectivity index (χ3v) is 10.0. The molecule has 3 saturated carbocycles. The zero-order valence-corrected chi connectivity index (χ0v) is 19.0. The Morgan fingerprint density at radius 3 is 2.75 bits per heavy atom. The van der Waals surface area contributed by atoms with Gasteiger partial charge in [-0.2, -0.15) is 0 Å². The molecule has 4 unspecified atom stereocenters. The van der Waals surface area contributed by atoms with Crippen molar-refractivity contribution in [2.75, 3.05) is 13.1 Å². The van der Waals surface area contributed by atoms with Gasteiger partial charge in [0.05, 0.1) is 6.10 Å². The van der Waals surface area contributed by atoms with Gasteiger partial charge in [0, 0.05) is 0 Å². The Bertz CT molecular complexity index is 585. The minimum absolute atomic E-state index is 0.0818. The summed E-state index contributed by atoms with van der Waals surface area (Å²) in [4.78, 5) is 0. The number of unbranched alkanes of at least 4 members (excludes halogenated alkanes) is 1. The van der Waals surface area contributed by atoms with E-state index in [1.54, 1.807) is 5.57 Å². The zero-order valence-electron chi connectivity index (χ0n) is 19.0. The first-order valence-electron chi connectivity index (χ1n) is 12.5. The van der Waals surface area contributed by atoms with Crippen molar-refractivity contribution in [1.29, 1.82) is 0 Å². The lowest BCUT2D eigenvalue weighted by molar-refractivity contribution is -0.0565. The summed E-state index contributed by atoms with van der Waals surface area (Å²) < 4.78 is 0. The Morgan fingerprint density at radius 1 is 1.14 bits per heavy atom. The van der Waals surface area contributed by atoms with Gasteiger partial charge in [0.1, 0.15) is 0 Å². The molecule has 0 aromatic heterocycles. The Kier molecular flexibility index (Phi) is 6.02. The number of nitrogens with one attached hydrogen (secondary N) is 1. The Labute approximate surface area is 173 Å². The van der Waals surface area contributed by atoms with Gasteiger partial charge >= 0.3 is 0 Å². The van der Waals surface area contributed by atoms with Crippen LogP contribution in [0.2, 0.25) is 0 Å². The van der Waals surface area contributed by atoms with Crippen LogP contribution in [0, 0.1) is 40.4 Å². The standard InChI is InChI=1S/C26H45NO/c1-5-6-15-27-17-18(2)22-9-10-23-21-8-7-19-16-20(28)11-13-25(19,3)24(21)12-14-26(22,23)4/h7,18,20-24,27-28H,5-6,8-17H2,1-4H3/t18?,20-,21?,22+,23?,24?,25-,26+/m0/s1. The van der Waals surface area contributed by atoms with Crippen molar-refractivity contribution in [2.24, 2.45) is 40.4 Å². The van der Waals surface area contributed by atoms with E-state index in [1.165, 1.54) is 64.5 Å². The number of hydrogen-bond acceptors (Lipinski definition) is 2. The molecule has 0 saturated heterocycles. The van der Waals surface area contributed by atoms with Gasteiger partial charge in [-0.25, -0.2) is 0 Å². The van der Waals surface area contributed by atoms with Gasteiger partial charge in [0.25, 0.3) is 0 Å². The minimum Gasteiger partial charge on any atom is -0.393 e. The highest BCUT2D eigenvalue weighted by Gasteiger charge is 2.59. The predicted octanol–water partition coefficient (Wildman–Crippen LogP) is 5.95. The quantitative estimate of drug-likeness (QED) is 0.436. The number of hydrogen-bond donors (Lipinski definition) is 2. The minimum atomic E-state index is -0.0818. The summed E-state index contributed by atoms with van der Waals surface area (Å²) in [5.41, 5.74) is 2.55. The molecule has 0 aromatic rings. The molecule has 8 atom stereocenters. The topological polar surface area (TPSA) is 32.3 Å². The van der Waals surface area contributed by atoms with Gasteiger partial charge in [-0.3, -0.25) is 0 Å². The van der Waals surface area contributed by atoms with Crippen LogP contribution in [0.4, 0.5) is 0 Å². The van der Waals surface area contributed by atoms with E-state index in [1.807, 2.05) is 0 Å². The number of rotatable bonds is 6. The first-order valence-corrected chi connectivity index (χ1v) is 12.5. The highest BCUT2D eigenvalue weighted by molar-refractivity contribution is 5.25. The first kappa shape index (κ1) is 20.9. The van der Waals surface area contributed by atoms with Crippen LogP contribution >= 0.6 is 0 Å². The molecule has 0 spiro atoms. The lowest BCUT2D eigenvalue weighted by atomic mass is 9.47. The smallest absolute Gasteiger partial charge is 0.0577 e. The lowest BCUT2D eigenvalue weighted by Crippen LogP contribution is -2.51. The number of fused-ring (bicyclic) bond motifs is 5. The molecular formula is C26H45NO. The average molecular weight is 388 g/mol. The monoisotopic (exact) mass is 387 g/mol. The van der Waals surface area contributed by atoms with Gasteiger partial charge in [-0.1, -0.05) is 45.8 Å². The van der Waals surface area contributed by atoms with Gasteiger partial charge in [0.15, 0.2) is 0 Å². The number of aliphatic hydroxyl groups is 1. The summed E-state index contributed by atoms with van der Waals surface area (Å²) >= 11 is 0. The number of aliphatic hydroxyl groups excluding tert-OH is 1. The van der Waals surface area contributed by atoms with E-state index in [-0.39, 0.29) is 6.10 Å². The SMILES string of the molecule is CCCCNCC(C)[C@H]1CCC2C3CC=C4C[C@@H](O)CC[C@]4(C)C3CC[C@@]21C. The lowest BCUT2D eigenvalue weighted by Gasteiger charge is -2.58. The van der Waals surface area contributed by atoms with Gasteiger partial charge in [-0.15, -0.1) is 0 Å². The maximum atomic E-state index is 10.2. The van der Waals surface area contributed by atoms with Crippen LogP contribution < -0.4 is 5.32 Å². The molecule has 28 heavy (non-hydrogen) atoms. The fraction of sp³-hybridized carbons (Fsp3) is 0.923. The molecule has 0 bridgehead atoms. The summed E-state index contributed by atoms with van der Waals surface area (Å²) in [7, 11) is 0. The normalized spacial score (nSPS) is 46.3. The van der Waals surface area contributed by atoms with E-state index in [9.17, 15) is 5.11 Å². The maximum absolute atomic E-state index is 10.2. The molecule has 2 N–H and O–H groups in total. The largest absolute Gasteiger partial charge is 0.393 e. The van der Waals surface area contributed by atoms with Crippen LogP contribution in [0.15, 0.2) is 11.6 Å². The summed E-state index contributed by atoms with van der Waals surface area (Å²) in [6.45, 7) is 12.4. The van der Waals surface area contributed by atoms with Crippen LogP contribution in [0.1, 0.15) is 91.9 Å². The van der Waals surface area contributed by atoms with Crippen molar-refractivity contribution in [3.63, 3.8) is 0 Å². The molecule has 3 fully saturated rings. The molecule has 0 aliphatic heterocycles. The van der Waals surface area contributed by atoms with Crippen molar-refractivity contribution in [1.82, 2.24) is 5.32 Å². The van der Waals surface area contributed by atoms with Crippen molar-refractivity contribution < 1.29 is 5.11 Å². The van der Waals surface area contributed by atoms with Crippen LogP contribution in [-0.2, 0) is 0 Å². The summed E-state index contributed by atoms with van der Waals surface area (Å²) in [5, 5.41) is 13.9. The molecule has 160 valence electrons. The van der Waals surface area contributed by atoms with E-state index in [4.69, 9.17) is 0 Å². The predicted molar refractivity (Wildman–Crippen MR) is 118 cm³/mol.